The van der Waals surface area contributed by atoms with Gasteiger partial charge in [0.15, 0.2) is 0 Å². The first-order valence-electron chi connectivity index (χ1n) is 6.19. The second kappa shape index (κ2) is 8.06. The number of nitrogens with zero attached hydrogens (tertiary/aromatic N) is 1. The zero-order valence-electron chi connectivity index (χ0n) is 10.8. The molecule has 0 atom stereocenters. The van der Waals surface area contributed by atoms with Crippen molar-refractivity contribution in [3.05, 3.63) is 28.5 Å². The van der Waals surface area contributed by atoms with Crippen molar-refractivity contribution in [1.82, 2.24) is 10.3 Å². The zero-order chi connectivity index (χ0) is 13.4. The predicted octanol–water partition coefficient (Wildman–Crippen LogP) is 2.45. The van der Waals surface area contributed by atoms with Crippen LogP contribution in [0.4, 0.5) is 0 Å². The van der Waals surface area contributed by atoms with Gasteiger partial charge < -0.3 is 10.1 Å². The Hall–Kier alpha value is -1.13. The molecule has 1 rings (SSSR count). The van der Waals surface area contributed by atoms with Crippen LogP contribution in [0.2, 0.25) is 5.15 Å². The Labute approximate surface area is 113 Å². The number of aryl methyl sites for hydroxylation is 1. The number of hydrogen-bond acceptors (Lipinski definition) is 3. The van der Waals surface area contributed by atoms with E-state index in [0.29, 0.717) is 30.5 Å². The van der Waals surface area contributed by atoms with E-state index in [9.17, 15) is 4.79 Å². The molecule has 1 heterocycles. The summed E-state index contributed by atoms with van der Waals surface area (Å²) in [5.74, 6) is -0.142. The van der Waals surface area contributed by atoms with Crippen molar-refractivity contribution in [3.63, 3.8) is 0 Å². The molecule has 100 valence electrons. The minimum Gasteiger partial charge on any atom is -0.380 e. The highest BCUT2D eigenvalue weighted by Gasteiger charge is 2.08. The van der Waals surface area contributed by atoms with Crippen molar-refractivity contribution in [2.24, 2.45) is 0 Å². The lowest BCUT2D eigenvalue weighted by atomic mass is 10.1. The highest BCUT2D eigenvalue weighted by atomic mass is 35.5. The smallest absolute Gasteiger partial charge is 0.251 e. The number of pyridine rings is 1. The van der Waals surface area contributed by atoms with Crippen LogP contribution in [0.15, 0.2) is 12.1 Å². The summed E-state index contributed by atoms with van der Waals surface area (Å²) in [4.78, 5) is 16.0. The molecule has 1 N–H and O–H groups in total. The fraction of sp³-hybridized carbons (Fsp3) is 0.538. The summed E-state index contributed by atoms with van der Waals surface area (Å²) in [5, 5.41) is 3.14. The Morgan fingerprint density at radius 3 is 2.89 bits per heavy atom. The number of ether oxygens (including phenoxy) is 1. The zero-order valence-corrected chi connectivity index (χ0v) is 11.6. The Morgan fingerprint density at radius 1 is 1.44 bits per heavy atom. The van der Waals surface area contributed by atoms with Crippen LogP contribution in [0.25, 0.3) is 0 Å². The summed E-state index contributed by atoms with van der Waals surface area (Å²) in [6.07, 6.45) is 1.79. The van der Waals surface area contributed by atoms with Crippen molar-refractivity contribution in [3.8, 4) is 0 Å². The van der Waals surface area contributed by atoms with E-state index in [4.69, 9.17) is 16.3 Å². The van der Waals surface area contributed by atoms with E-state index >= 15 is 0 Å². The minimum absolute atomic E-state index is 0.142. The molecule has 0 aliphatic rings. The molecule has 1 aromatic rings. The maximum absolute atomic E-state index is 11.9. The molecule has 0 aliphatic carbocycles. The van der Waals surface area contributed by atoms with Crippen molar-refractivity contribution in [2.45, 2.75) is 26.7 Å². The SMILES string of the molecule is CCCc1cc(C(=O)NCCOCC)cc(Cl)n1. The Bertz CT molecular complexity index is 397. The monoisotopic (exact) mass is 270 g/mol. The largest absolute Gasteiger partial charge is 0.380 e. The van der Waals surface area contributed by atoms with Crippen LogP contribution in [0.5, 0.6) is 0 Å². The average Bonchev–Trinajstić information content (AvgIpc) is 2.34. The van der Waals surface area contributed by atoms with Crippen molar-refractivity contribution in [1.29, 1.82) is 0 Å². The van der Waals surface area contributed by atoms with E-state index in [1.807, 2.05) is 6.92 Å². The van der Waals surface area contributed by atoms with Gasteiger partial charge in [-0.05, 0) is 25.5 Å². The molecule has 0 fully saturated rings. The highest BCUT2D eigenvalue weighted by Crippen LogP contribution is 2.12. The van der Waals surface area contributed by atoms with E-state index in [-0.39, 0.29) is 5.91 Å². The van der Waals surface area contributed by atoms with E-state index in [0.717, 1.165) is 18.5 Å². The van der Waals surface area contributed by atoms with Crippen LogP contribution in [0.1, 0.15) is 36.3 Å². The topological polar surface area (TPSA) is 51.2 Å². The summed E-state index contributed by atoms with van der Waals surface area (Å²) in [6, 6.07) is 3.36. The van der Waals surface area contributed by atoms with Crippen LogP contribution in [0.3, 0.4) is 0 Å². The summed E-state index contributed by atoms with van der Waals surface area (Å²) in [7, 11) is 0. The van der Waals surface area contributed by atoms with Crippen LogP contribution >= 0.6 is 11.6 Å². The molecule has 1 amide bonds. The number of halogens is 1. The van der Waals surface area contributed by atoms with Gasteiger partial charge in [0.05, 0.1) is 6.61 Å². The fourth-order valence-corrected chi connectivity index (χ4v) is 1.78. The number of rotatable bonds is 7. The third kappa shape index (κ3) is 5.02. The van der Waals surface area contributed by atoms with E-state index in [1.54, 1.807) is 12.1 Å². The summed E-state index contributed by atoms with van der Waals surface area (Å²) in [6.45, 7) is 5.64. The Morgan fingerprint density at radius 2 is 2.22 bits per heavy atom. The lowest BCUT2D eigenvalue weighted by Gasteiger charge is -2.07. The highest BCUT2D eigenvalue weighted by molar-refractivity contribution is 6.29. The Balaban J connectivity index is 2.61. The quantitative estimate of drug-likeness (QED) is 0.612. The molecule has 0 saturated carbocycles. The molecule has 1 aromatic heterocycles. The third-order valence-electron chi connectivity index (χ3n) is 2.35. The number of amides is 1. The van der Waals surface area contributed by atoms with E-state index in [1.165, 1.54) is 0 Å². The van der Waals surface area contributed by atoms with Gasteiger partial charge in [0.25, 0.3) is 5.91 Å². The number of hydrogen-bond donors (Lipinski definition) is 1. The molecule has 0 aromatic carbocycles. The first kappa shape index (κ1) is 14.9. The second-order valence-electron chi connectivity index (χ2n) is 3.87. The number of carbonyl (C=O) groups is 1. The predicted molar refractivity (Wildman–Crippen MR) is 72.1 cm³/mol. The lowest BCUT2D eigenvalue weighted by Crippen LogP contribution is -2.27. The van der Waals surface area contributed by atoms with Gasteiger partial charge in [-0.1, -0.05) is 24.9 Å². The normalized spacial score (nSPS) is 10.4. The van der Waals surface area contributed by atoms with Crippen molar-refractivity contribution in [2.75, 3.05) is 19.8 Å². The standard InChI is InChI=1S/C13H19ClN2O2/c1-3-5-11-8-10(9-12(14)16-11)13(17)15-6-7-18-4-2/h8-9H,3-7H2,1-2H3,(H,15,17). The average molecular weight is 271 g/mol. The molecule has 0 bridgehead atoms. The van der Waals surface area contributed by atoms with Gasteiger partial charge in [-0.15, -0.1) is 0 Å². The van der Waals surface area contributed by atoms with Crippen LogP contribution in [0, 0.1) is 0 Å². The first-order valence-corrected chi connectivity index (χ1v) is 6.57. The van der Waals surface area contributed by atoms with Crippen molar-refractivity contribution >= 4 is 17.5 Å². The molecular formula is C13H19ClN2O2. The molecule has 0 aliphatic heterocycles. The van der Waals surface area contributed by atoms with Gasteiger partial charge in [-0.25, -0.2) is 4.98 Å². The number of carbonyl (C=O) groups excluding carboxylic acids is 1. The van der Waals surface area contributed by atoms with Gasteiger partial charge >= 0.3 is 0 Å². The number of aromatic nitrogens is 1. The lowest BCUT2D eigenvalue weighted by molar-refractivity contribution is 0.0922. The molecule has 18 heavy (non-hydrogen) atoms. The molecule has 4 nitrogen and oxygen atoms in total. The van der Waals surface area contributed by atoms with E-state index < -0.39 is 0 Å². The van der Waals surface area contributed by atoms with Crippen LogP contribution < -0.4 is 5.32 Å². The molecule has 0 saturated heterocycles. The molecule has 0 spiro atoms. The van der Waals surface area contributed by atoms with Crippen LogP contribution in [-0.2, 0) is 11.2 Å². The Kier molecular flexibility index (Phi) is 6.68. The third-order valence-corrected chi connectivity index (χ3v) is 2.55. The van der Waals surface area contributed by atoms with Gasteiger partial charge in [-0.2, -0.15) is 0 Å². The second-order valence-corrected chi connectivity index (χ2v) is 4.26. The van der Waals surface area contributed by atoms with Gasteiger partial charge in [0, 0.05) is 24.4 Å². The maximum atomic E-state index is 11.9. The fourth-order valence-electron chi connectivity index (χ4n) is 1.55. The minimum atomic E-state index is -0.142. The molecule has 0 radical (unpaired) electrons. The van der Waals surface area contributed by atoms with Crippen molar-refractivity contribution < 1.29 is 9.53 Å². The maximum Gasteiger partial charge on any atom is 0.251 e. The van der Waals surface area contributed by atoms with Gasteiger partial charge in [-0.3, -0.25) is 4.79 Å². The number of nitrogens with one attached hydrogen (secondary N) is 1. The first-order chi connectivity index (χ1) is 8.67. The molecular weight excluding hydrogens is 252 g/mol. The van der Waals surface area contributed by atoms with E-state index in [2.05, 4.69) is 17.2 Å². The van der Waals surface area contributed by atoms with Gasteiger partial charge in [0.2, 0.25) is 0 Å². The summed E-state index contributed by atoms with van der Waals surface area (Å²) < 4.78 is 5.15. The van der Waals surface area contributed by atoms with Gasteiger partial charge in [0.1, 0.15) is 5.15 Å². The van der Waals surface area contributed by atoms with Crippen LogP contribution in [-0.4, -0.2) is 30.6 Å². The summed E-state index contributed by atoms with van der Waals surface area (Å²) >= 11 is 5.90. The summed E-state index contributed by atoms with van der Waals surface area (Å²) in [5.41, 5.74) is 1.40. The molecule has 0 unspecified atom stereocenters. The molecule has 5 heteroatoms.